The third-order valence-corrected chi connectivity index (χ3v) is 5.74. The molecule has 2 atom stereocenters. The first-order valence-corrected chi connectivity index (χ1v) is 9.93. The number of rotatable bonds is 5. The van der Waals surface area contributed by atoms with Crippen LogP contribution in [-0.4, -0.2) is 50.3 Å². The fourth-order valence-corrected chi connectivity index (χ4v) is 4.29. The summed E-state index contributed by atoms with van der Waals surface area (Å²) in [5, 5.41) is 20.3. The second-order valence-electron chi connectivity index (χ2n) is 7.07. The molecule has 1 aromatic carbocycles. The maximum absolute atomic E-state index is 12.8. The molecule has 0 saturated carbocycles. The highest BCUT2D eigenvalue weighted by atomic mass is 32.1. The van der Waals surface area contributed by atoms with Crippen molar-refractivity contribution in [1.29, 1.82) is 0 Å². The van der Waals surface area contributed by atoms with E-state index in [2.05, 4.69) is 27.3 Å². The number of likely N-dealkylation sites (tertiary alicyclic amines) is 1. The summed E-state index contributed by atoms with van der Waals surface area (Å²) in [6.07, 6.45) is 0.849. The summed E-state index contributed by atoms with van der Waals surface area (Å²) in [5.74, 6) is -0.107. The first kappa shape index (κ1) is 17.9. The highest BCUT2D eigenvalue weighted by Crippen LogP contribution is 2.24. The van der Waals surface area contributed by atoms with Gasteiger partial charge in [0.15, 0.2) is 0 Å². The highest BCUT2D eigenvalue weighted by molar-refractivity contribution is 7.09. The van der Waals surface area contributed by atoms with E-state index in [1.165, 1.54) is 16.9 Å². The van der Waals surface area contributed by atoms with Gasteiger partial charge in [0.2, 0.25) is 0 Å². The Kier molecular flexibility index (Phi) is 5.05. The van der Waals surface area contributed by atoms with Crippen LogP contribution >= 0.6 is 11.3 Å². The largest absolute Gasteiger partial charge is 0.391 e. The Labute approximate surface area is 161 Å². The quantitative estimate of drug-likeness (QED) is 0.710. The molecule has 0 bridgehead atoms. The molecule has 3 aromatic rings. The number of hydrogen-bond acceptors (Lipinski definition) is 5. The van der Waals surface area contributed by atoms with Gasteiger partial charge in [-0.15, -0.1) is 11.3 Å². The van der Waals surface area contributed by atoms with Gasteiger partial charge in [-0.1, -0.05) is 30.3 Å². The number of hydrogen-bond donors (Lipinski definition) is 2. The van der Waals surface area contributed by atoms with E-state index in [1.807, 2.05) is 36.6 Å². The number of nitrogens with one attached hydrogen (secondary N) is 1. The summed E-state index contributed by atoms with van der Waals surface area (Å²) in [6, 6.07) is 12.1. The van der Waals surface area contributed by atoms with Crippen molar-refractivity contribution >= 4 is 17.2 Å². The summed E-state index contributed by atoms with van der Waals surface area (Å²) in [4.78, 5) is 19.0. The fourth-order valence-electron chi connectivity index (χ4n) is 3.49. The zero-order chi connectivity index (χ0) is 18.8. The molecular formula is C20H22N4O2S. The van der Waals surface area contributed by atoms with Crippen molar-refractivity contribution in [3.63, 3.8) is 0 Å². The van der Waals surface area contributed by atoms with Crippen molar-refractivity contribution in [3.05, 3.63) is 69.4 Å². The van der Waals surface area contributed by atoms with Crippen LogP contribution in [0.4, 0.5) is 0 Å². The monoisotopic (exact) mass is 382 g/mol. The predicted octanol–water partition coefficient (Wildman–Crippen LogP) is 2.44. The maximum Gasteiger partial charge on any atom is 0.273 e. The zero-order valence-corrected chi connectivity index (χ0v) is 15.9. The lowest BCUT2D eigenvalue weighted by Gasteiger charge is -2.14. The molecule has 1 saturated heterocycles. The van der Waals surface area contributed by atoms with Gasteiger partial charge in [0, 0.05) is 36.5 Å². The number of benzene rings is 1. The SMILES string of the molecule is Cc1cc(C[C@@H]2CN(C(=O)c3csc(Cc4ccccc4)n3)C[C@H]2O)n[nH]1. The number of aromatic amines is 1. The van der Waals surface area contributed by atoms with Crippen molar-refractivity contribution in [3.8, 4) is 0 Å². The second-order valence-corrected chi connectivity index (χ2v) is 8.02. The molecule has 6 nitrogen and oxygen atoms in total. The molecule has 1 fully saturated rings. The van der Waals surface area contributed by atoms with Crippen molar-refractivity contribution in [2.75, 3.05) is 13.1 Å². The number of aromatic nitrogens is 3. The summed E-state index contributed by atoms with van der Waals surface area (Å²) >= 11 is 1.50. The number of carbonyl (C=O) groups is 1. The van der Waals surface area contributed by atoms with Gasteiger partial charge in [-0.25, -0.2) is 4.98 Å². The minimum atomic E-state index is -0.534. The first-order chi connectivity index (χ1) is 13.1. The fraction of sp³-hybridized carbons (Fsp3) is 0.350. The highest BCUT2D eigenvalue weighted by Gasteiger charge is 2.35. The number of carbonyl (C=O) groups excluding carboxylic acids is 1. The van der Waals surface area contributed by atoms with Crippen LogP contribution in [0, 0.1) is 12.8 Å². The van der Waals surface area contributed by atoms with Crippen LogP contribution in [0.5, 0.6) is 0 Å². The van der Waals surface area contributed by atoms with Crippen molar-refractivity contribution in [2.24, 2.45) is 5.92 Å². The summed E-state index contributed by atoms with van der Waals surface area (Å²) < 4.78 is 0. The van der Waals surface area contributed by atoms with Crippen LogP contribution in [0.25, 0.3) is 0 Å². The first-order valence-electron chi connectivity index (χ1n) is 9.05. The molecule has 140 valence electrons. The molecule has 0 unspecified atom stereocenters. The van der Waals surface area contributed by atoms with Crippen LogP contribution in [0.1, 0.15) is 32.4 Å². The molecule has 3 heterocycles. The van der Waals surface area contributed by atoms with Gasteiger partial charge in [0.25, 0.3) is 5.91 Å². The molecule has 1 amide bonds. The van der Waals surface area contributed by atoms with Gasteiger partial charge in [-0.2, -0.15) is 5.10 Å². The minimum absolute atomic E-state index is 0.000857. The maximum atomic E-state index is 12.8. The lowest BCUT2D eigenvalue weighted by Crippen LogP contribution is -2.29. The van der Waals surface area contributed by atoms with E-state index in [1.54, 1.807) is 4.90 Å². The molecule has 4 rings (SSSR count). The second kappa shape index (κ2) is 7.62. The standard InChI is InChI=1S/C20H22N4O2S/c1-13-7-16(23-22-13)9-15-10-24(11-18(15)25)20(26)17-12-27-19(21-17)8-14-5-3-2-4-6-14/h2-7,12,15,18,25H,8-11H2,1H3,(H,22,23)/t15-,18-/m1/s1. The number of aliphatic hydroxyl groups excluding tert-OH is 1. The van der Waals surface area contributed by atoms with Gasteiger partial charge in [0.05, 0.1) is 16.8 Å². The molecule has 2 aromatic heterocycles. The summed E-state index contributed by atoms with van der Waals surface area (Å²) in [5.41, 5.74) is 3.56. The number of aryl methyl sites for hydroxylation is 1. The van der Waals surface area contributed by atoms with Gasteiger partial charge >= 0.3 is 0 Å². The van der Waals surface area contributed by atoms with Crippen LogP contribution in [0.15, 0.2) is 41.8 Å². The number of nitrogens with zero attached hydrogens (tertiary/aromatic N) is 3. The Balaban J connectivity index is 1.39. The molecular weight excluding hydrogens is 360 g/mol. The normalized spacial score (nSPS) is 19.6. The molecule has 0 aliphatic carbocycles. The number of H-pyrrole nitrogens is 1. The average Bonchev–Trinajstić information content (AvgIpc) is 3.37. The molecule has 0 radical (unpaired) electrons. The number of β-amino-alcohol motifs (C(OH)–C–C–N with tert-alkyl or cyclic N) is 1. The lowest BCUT2D eigenvalue weighted by atomic mass is 10.0. The van der Waals surface area contributed by atoms with E-state index in [9.17, 15) is 9.90 Å². The van der Waals surface area contributed by atoms with Crippen molar-refractivity contribution < 1.29 is 9.90 Å². The molecule has 1 aliphatic heterocycles. The van der Waals surface area contributed by atoms with E-state index >= 15 is 0 Å². The van der Waals surface area contributed by atoms with Crippen LogP contribution in [0.2, 0.25) is 0 Å². The molecule has 0 spiro atoms. The Bertz CT molecular complexity index is 921. The molecule has 7 heteroatoms. The third kappa shape index (κ3) is 4.09. The van der Waals surface area contributed by atoms with E-state index in [0.717, 1.165) is 22.8 Å². The van der Waals surface area contributed by atoms with Crippen molar-refractivity contribution in [2.45, 2.75) is 25.9 Å². The van der Waals surface area contributed by atoms with E-state index < -0.39 is 6.10 Å². The lowest BCUT2D eigenvalue weighted by molar-refractivity contribution is 0.0759. The Hall–Kier alpha value is -2.51. The minimum Gasteiger partial charge on any atom is -0.391 e. The van der Waals surface area contributed by atoms with Crippen LogP contribution < -0.4 is 0 Å². The van der Waals surface area contributed by atoms with Crippen molar-refractivity contribution in [1.82, 2.24) is 20.1 Å². The predicted molar refractivity (Wildman–Crippen MR) is 104 cm³/mol. The molecule has 1 aliphatic rings. The summed E-state index contributed by atoms with van der Waals surface area (Å²) in [6.45, 7) is 2.82. The van der Waals surface area contributed by atoms with Crippen LogP contribution in [-0.2, 0) is 12.8 Å². The number of thiazole rings is 1. The van der Waals surface area contributed by atoms with Gasteiger partial charge < -0.3 is 10.0 Å². The Morgan fingerprint density at radius 3 is 2.89 bits per heavy atom. The van der Waals surface area contributed by atoms with E-state index in [4.69, 9.17) is 0 Å². The zero-order valence-electron chi connectivity index (χ0n) is 15.1. The Morgan fingerprint density at radius 1 is 1.33 bits per heavy atom. The van der Waals surface area contributed by atoms with Crippen LogP contribution in [0.3, 0.4) is 0 Å². The molecule has 2 N–H and O–H groups in total. The number of aliphatic hydroxyl groups is 1. The summed E-state index contributed by atoms with van der Waals surface area (Å²) in [7, 11) is 0. The average molecular weight is 382 g/mol. The van der Waals surface area contributed by atoms with Gasteiger partial charge in [-0.05, 0) is 25.0 Å². The topological polar surface area (TPSA) is 82.1 Å². The molecule has 27 heavy (non-hydrogen) atoms. The van der Waals surface area contributed by atoms with E-state index in [-0.39, 0.29) is 11.8 Å². The Morgan fingerprint density at radius 2 is 2.15 bits per heavy atom. The third-order valence-electron chi connectivity index (χ3n) is 4.89. The number of amides is 1. The van der Waals surface area contributed by atoms with E-state index in [0.29, 0.717) is 25.2 Å². The van der Waals surface area contributed by atoms with Gasteiger partial charge in [0.1, 0.15) is 5.69 Å². The van der Waals surface area contributed by atoms with Gasteiger partial charge in [-0.3, -0.25) is 9.89 Å². The smallest absolute Gasteiger partial charge is 0.273 e.